The predicted molar refractivity (Wildman–Crippen MR) is 34.6 cm³/mol. The van der Waals surface area contributed by atoms with Gasteiger partial charge < -0.3 is 10.1 Å². The molecular weight excluding hydrogens is 118 g/mol. The quantitative estimate of drug-likeness (QED) is 0.453. The Morgan fingerprint density at radius 2 is 2.33 bits per heavy atom. The average molecular weight is 129 g/mol. The fourth-order valence-electron chi connectivity index (χ4n) is 0.290. The van der Waals surface area contributed by atoms with Crippen LogP contribution in [-0.4, -0.2) is 18.8 Å². The van der Waals surface area contributed by atoms with E-state index in [1.54, 1.807) is 13.8 Å². The standard InChI is InChI=1S/C6H11NO2/c1-5(2)6(8)9-4-3-7/h3,5,7H,4H2,1-2H3. The number of carbonyl (C=O) groups is 1. The summed E-state index contributed by atoms with van der Waals surface area (Å²) in [5.41, 5.74) is 0. The van der Waals surface area contributed by atoms with Crippen LogP contribution in [0.5, 0.6) is 0 Å². The normalized spacial score (nSPS) is 9.22. The topological polar surface area (TPSA) is 50.2 Å². The Labute approximate surface area is 54.5 Å². The number of rotatable bonds is 3. The molecule has 0 aromatic rings. The molecule has 0 atom stereocenters. The number of nitrogens with one attached hydrogen (secondary N) is 1. The van der Waals surface area contributed by atoms with Crippen molar-refractivity contribution in [2.45, 2.75) is 13.8 Å². The van der Waals surface area contributed by atoms with Crippen LogP contribution >= 0.6 is 0 Å². The third-order valence-electron chi connectivity index (χ3n) is 0.780. The molecule has 0 amide bonds. The van der Waals surface area contributed by atoms with E-state index in [-0.39, 0.29) is 18.5 Å². The number of ether oxygens (including phenoxy) is 1. The van der Waals surface area contributed by atoms with Gasteiger partial charge in [0.2, 0.25) is 0 Å². The molecular formula is C6H11NO2. The van der Waals surface area contributed by atoms with Gasteiger partial charge in [0.05, 0.1) is 5.92 Å². The van der Waals surface area contributed by atoms with Gasteiger partial charge in [0.25, 0.3) is 0 Å². The molecule has 0 rings (SSSR count). The summed E-state index contributed by atoms with van der Waals surface area (Å²) in [7, 11) is 0. The maximum atomic E-state index is 10.6. The lowest BCUT2D eigenvalue weighted by Crippen LogP contribution is -2.12. The minimum atomic E-state index is -0.251. The minimum absolute atomic E-state index is 0.0926. The summed E-state index contributed by atoms with van der Waals surface area (Å²) in [6, 6.07) is 0. The van der Waals surface area contributed by atoms with Crippen LogP contribution in [0.15, 0.2) is 0 Å². The van der Waals surface area contributed by atoms with Gasteiger partial charge in [-0.2, -0.15) is 0 Å². The van der Waals surface area contributed by atoms with E-state index >= 15 is 0 Å². The van der Waals surface area contributed by atoms with E-state index in [9.17, 15) is 4.79 Å². The zero-order valence-corrected chi connectivity index (χ0v) is 5.68. The van der Waals surface area contributed by atoms with Crippen molar-refractivity contribution in [2.75, 3.05) is 6.61 Å². The Kier molecular flexibility index (Phi) is 3.67. The van der Waals surface area contributed by atoms with Crippen LogP contribution in [0.4, 0.5) is 0 Å². The molecule has 0 radical (unpaired) electrons. The van der Waals surface area contributed by atoms with Gasteiger partial charge in [-0.1, -0.05) is 13.8 Å². The van der Waals surface area contributed by atoms with Crippen LogP contribution in [0.1, 0.15) is 13.8 Å². The van der Waals surface area contributed by atoms with Crippen LogP contribution in [-0.2, 0) is 9.53 Å². The summed E-state index contributed by atoms with van der Waals surface area (Å²) >= 11 is 0. The maximum Gasteiger partial charge on any atom is 0.308 e. The molecule has 0 fully saturated rings. The summed E-state index contributed by atoms with van der Waals surface area (Å²) in [5.74, 6) is -0.344. The first kappa shape index (κ1) is 8.14. The largest absolute Gasteiger partial charge is 0.460 e. The van der Waals surface area contributed by atoms with Crippen LogP contribution in [0.3, 0.4) is 0 Å². The van der Waals surface area contributed by atoms with Gasteiger partial charge in [-0.15, -0.1) is 0 Å². The Bertz CT molecular complexity index is 110. The average Bonchev–Trinajstić information content (AvgIpc) is 1.82. The second-order valence-electron chi connectivity index (χ2n) is 1.99. The van der Waals surface area contributed by atoms with Crippen molar-refractivity contribution in [1.29, 1.82) is 5.41 Å². The summed E-state index contributed by atoms with van der Waals surface area (Å²) in [6.45, 7) is 3.61. The fraction of sp³-hybridized carbons (Fsp3) is 0.667. The van der Waals surface area contributed by atoms with Crippen molar-refractivity contribution >= 4 is 12.2 Å². The molecule has 9 heavy (non-hydrogen) atoms. The highest BCUT2D eigenvalue weighted by molar-refractivity contribution is 5.73. The van der Waals surface area contributed by atoms with Gasteiger partial charge in [0.1, 0.15) is 6.61 Å². The van der Waals surface area contributed by atoms with E-state index in [2.05, 4.69) is 4.74 Å². The molecule has 0 aliphatic rings. The van der Waals surface area contributed by atoms with Gasteiger partial charge in [0, 0.05) is 6.21 Å². The van der Waals surface area contributed by atoms with E-state index in [0.29, 0.717) is 0 Å². The molecule has 0 saturated carbocycles. The highest BCUT2D eigenvalue weighted by Crippen LogP contribution is 1.93. The molecule has 0 aliphatic carbocycles. The van der Waals surface area contributed by atoms with Crippen LogP contribution < -0.4 is 0 Å². The molecule has 0 unspecified atom stereocenters. The molecule has 0 saturated heterocycles. The minimum Gasteiger partial charge on any atom is -0.460 e. The second kappa shape index (κ2) is 4.06. The first-order valence-electron chi connectivity index (χ1n) is 2.84. The number of hydrogen-bond donors (Lipinski definition) is 1. The Hall–Kier alpha value is -0.860. The Morgan fingerprint density at radius 1 is 1.78 bits per heavy atom. The fourth-order valence-corrected chi connectivity index (χ4v) is 0.290. The van der Waals surface area contributed by atoms with Crippen LogP contribution in [0.25, 0.3) is 0 Å². The van der Waals surface area contributed by atoms with Gasteiger partial charge in [0.15, 0.2) is 0 Å². The highest BCUT2D eigenvalue weighted by atomic mass is 16.5. The molecule has 0 aromatic carbocycles. The third kappa shape index (κ3) is 3.70. The van der Waals surface area contributed by atoms with E-state index in [4.69, 9.17) is 5.41 Å². The number of hydrogen-bond acceptors (Lipinski definition) is 3. The molecule has 1 N–H and O–H groups in total. The van der Waals surface area contributed by atoms with E-state index in [1.807, 2.05) is 0 Å². The van der Waals surface area contributed by atoms with Crippen molar-refractivity contribution < 1.29 is 9.53 Å². The third-order valence-corrected chi connectivity index (χ3v) is 0.780. The van der Waals surface area contributed by atoms with Crippen LogP contribution in [0, 0.1) is 11.3 Å². The molecule has 0 bridgehead atoms. The first-order valence-corrected chi connectivity index (χ1v) is 2.84. The second-order valence-corrected chi connectivity index (χ2v) is 1.99. The lowest BCUT2D eigenvalue weighted by molar-refractivity contribution is -0.145. The van der Waals surface area contributed by atoms with Gasteiger partial charge in [-0.3, -0.25) is 4.79 Å². The molecule has 52 valence electrons. The zero-order valence-electron chi connectivity index (χ0n) is 5.68. The number of carbonyl (C=O) groups excluding carboxylic acids is 1. The van der Waals surface area contributed by atoms with Gasteiger partial charge in [-0.05, 0) is 0 Å². The summed E-state index contributed by atoms with van der Waals surface area (Å²) in [6.07, 6.45) is 1.06. The molecule has 0 heterocycles. The van der Waals surface area contributed by atoms with E-state index in [1.165, 1.54) is 0 Å². The predicted octanol–water partition coefficient (Wildman–Crippen LogP) is 0.835. The van der Waals surface area contributed by atoms with Gasteiger partial charge in [-0.25, -0.2) is 0 Å². The van der Waals surface area contributed by atoms with E-state index in [0.717, 1.165) is 6.21 Å². The SMILES string of the molecule is CC(C)C(=O)OCC=N. The maximum absolute atomic E-state index is 10.6. The lowest BCUT2D eigenvalue weighted by Gasteiger charge is -2.01. The Balaban J connectivity index is 3.38. The van der Waals surface area contributed by atoms with Crippen molar-refractivity contribution in [3.63, 3.8) is 0 Å². The molecule has 0 spiro atoms. The van der Waals surface area contributed by atoms with E-state index < -0.39 is 0 Å². The summed E-state index contributed by atoms with van der Waals surface area (Å²) in [5, 5.41) is 6.53. The molecule has 0 aliphatic heterocycles. The monoisotopic (exact) mass is 129 g/mol. The zero-order chi connectivity index (χ0) is 7.28. The summed E-state index contributed by atoms with van der Waals surface area (Å²) in [4.78, 5) is 10.6. The first-order chi connectivity index (χ1) is 4.18. The van der Waals surface area contributed by atoms with Crippen molar-refractivity contribution in [1.82, 2.24) is 0 Å². The molecule has 0 aromatic heterocycles. The number of esters is 1. The van der Waals surface area contributed by atoms with Crippen molar-refractivity contribution in [2.24, 2.45) is 5.92 Å². The highest BCUT2D eigenvalue weighted by Gasteiger charge is 2.05. The van der Waals surface area contributed by atoms with Crippen LogP contribution in [0.2, 0.25) is 0 Å². The van der Waals surface area contributed by atoms with Crippen molar-refractivity contribution in [3.05, 3.63) is 0 Å². The summed E-state index contributed by atoms with van der Waals surface area (Å²) < 4.78 is 4.57. The Morgan fingerprint density at radius 3 is 2.67 bits per heavy atom. The lowest BCUT2D eigenvalue weighted by atomic mass is 10.2. The molecule has 3 heteroatoms. The molecule has 3 nitrogen and oxygen atoms in total. The smallest absolute Gasteiger partial charge is 0.308 e. The van der Waals surface area contributed by atoms with Gasteiger partial charge >= 0.3 is 5.97 Å². The van der Waals surface area contributed by atoms with Crippen molar-refractivity contribution in [3.8, 4) is 0 Å².